The molecule has 0 unspecified atom stereocenters. The minimum atomic E-state index is 0.831. The molecule has 0 saturated heterocycles. The third kappa shape index (κ3) is 3.25. The van der Waals surface area contributed by atoms with Crippen molar-refractivity contribution in [3.63, 3.8) is 0 Å². The summed E-state index contributed by atoms with van der Waals surface area (Å²) in [7, 11) is 0. The smallest absolute Gasteiger partial charge is 0.133 e. The summed E-state index contributed by atoms with van der Waals surface area (Å²) >= 11 is 0. The average Bonchev–Trinajstić information content (AvgIpc) is 2.49. The molecule has 20 heavy (non-hydrogen) atoms. The number of rotatable bonds is 7. The molecule has 0 fully saturated rings. The summed E-state index contributed by atoms with van der Waals surface area (Å²) in [5.41, 5.74) is 2.64. The monoisotopic (exact) mass is 264 g/mol. The number of hydrogen-bond acceptors (Lipinski definition) is 0. The van der Waals surface area contributed by atoms with Gasteiger partial charge in [0.25, 0.3) is 0 Å². The maximum atomic E-state index is 3.94. The van der Waals surface area contributed by atoms with Crippen molar-refractivity contribution in [2.24, 2.45) is 0 Å². The van der Waals surface area contributed by atoms with Gasteiger partial charge in [0.2, 0.25) is 0 Å². The van der Waals surface area contributed by atoms with E-state index in [0.717, 1.165) is 24.1 Å². The van der Waals surface area contributed by atoms with Gasteiger partial charge in [-0.25, -0.2) is 0 Å². The summed E-state index contributed by atoms with van der Waals surface area (Å²) in [6, 6.07) is 21.2. The molecule has 0 aliphatic rings. The predicted molar refractivity (Wildman–Crippen MR) is 88.5 cm³/mol. The molecule has 0 saturated carbocycles. The molecule has 0 spiro atoms. The molecule has 0 amide bonds. The van der Waals surface area contributed by atoms with E-state index in [0.29, 0.717) is 0 Å². The lowest BCUT2D eigenvalue weighted by atomic mass is 10.1. The Labute approximate surface area is 122 Å². The molecule has 102 valence electrons. The van der Waals surface area contributed by atoms with E-state index in [9.17, 15) is 0 Å². The van der Waals surface area contributed by atoms with Gasteiger partial charge in [-0.05, 0) is 24.3 Å². The van der Waals surface area contributed by atoms with Crippen LogP contribution in [0.25, 0.3) is 0 Å². The van der Waals surface area contributed by atoms with Crippen molar-refractivity contribution in [2.45, 2.75) is 6.54 Å². The standard InChI is InChI=1S/C19H22N/c1-3-15-20(16-4-2,19-13-9-6-10-14-19)17-18-11-7-5-8-12-18/h3-14H,1-2,15-17H2/q+1. The van der Waals surface area contributed by atoms with Gasteiger partial charge in [0.05, 0.1) is 0 Å². The fraction of sp³-hybridized carbons (Fsp3) is 0.158. The Hall–Kier alpha value is -2.12. The molecule has 0 radical (unpaired) electrons. The Morgan fingerprint density at radius 1 is 0.750 bits per heavy atom. The van der Waals surface area contributed by atoms with Crippen LogP contribution in [-0.2, 0) is 6.54 Å². The first-order valence-electron chi connectivity index (χ1n) is 6.98. The van der Waals surface area contributed by atoms with E-state index >= 15 is 0 Å². The molecule has 2 rings (SSSR count). The zero-order valence-corrected chi connectivity index (χ0v) is 11.9. The molecule has 2 aromatic rings. The van der Waals surface area contributed by atoms with Crippen molar-refractivity contribution in [3.8, 4) is 0 Å². The minimum Gasteiger partial charge on any atom is -0.281 e. The largest absolute Gasteiger partial charge is 0.281 e. The molecule has 1 heteroatoms. The van der Waals surface area contributed by atoms with Crippen LogP contribution in [0, 0.1) is 0 Å². The van der Waals surface area contributed by atoms with Crippen molar-refractivity contribution in [1.82, 2.24) is 4.48 Å². The molecule has 0 aliphatic heterocycles. The Balaban J connectivity index is 2.41. The highest BCUT2D eigenvalue weighted by molar-refractivity contribution is 5.44. The normalized spacial score (nSPS) is 11.0. The third-order valence-electron chi connectivity index (χ3n) is 3.59. The highest BCUT2D eigenvalue weighted by Crippen LogP contribution is 2.26. The molecular weight excluding hydrogens is 242 g/mol. The van der Waals surface area contributed by atoms with Gasteiger partial charge >= 0.3 is 0 Å². The molecule has 0 N–H and O–H groups in total. The van der Waals surface area contributed by atoms with Crippen LogP contribution in [0.1, 0.15) is 5.56 Å². The van der Waals surface area contributed by atoms with E-state index in [1.807, 2.05) is 12.2 Å². The van der Waals surface area contributed by atoms with Crippen LogP contribution in [0.4, 0.5) is 5.69 Å². The van der Waals surface area contributed by atoms with Crippen LogP contribution < -0.4 is 4.48 Å². The summed E-state index contributed by atoms with van der Waals surface area (Å²) in [6.45, 7) is 10.6. The SMILES string of the molecule is C=CC[N+](CC=C)(Cc1ccccc1)c1ccccc1. The highest BCUT2D eigenvalue weighted by Gasteiger charge is 2.27. The molecule has 0 bridgehead atoms. The second-order valence-electron chi connectivity index (χ2n) is 5.07. The van der Waals surface area contributed by atoms with Crippen molar-refractivity contribution in [1.29, 1.82) is 0 Å². The predicted octanol–water partition coefficient (Wildman–Crippen LogP) is 4.57. The van der Waals surface area contributed by atoms with Gasteiger partial charge in [0.1, 0.15) is 25.3 Å². The second kappa shape index (κ2) is 6.88. The second-order valence-corrected chi connectivity index (χ2v) is 5.07. The van der Waals surface area contributed by atoms with Gasteiger partial charge in [-0.15, -0.1) is 0 Å². The van der Waals surface area contributed by atoms with Crippen LogP contribution in [0.5, 0.6) is 0 Å². The third-order valence-corrected chi connectivity index (χ3v) is 3.59. The van der Waals surface area contributed by atoms with Gasteiger partial charge in [-0.3, -0.25) is 4.48 Å². The summed E-state index contributed by atoms with van der Waals surface area (Å²) in [4.78, 5) is 0. The fourth-order valence-corrected chi connectivity index (χ4v) is 2.68. The first-order valence-corrected chi connectivity index (χ1v) is 6.98. The van der Waals surface area contributed by atoms with Crippen molar-refractivity contribution < 1.29 is 0 Å². The quantitative estimate of drug-likeness (QED) is 0.508. The van der Waals surface area contributed by atoms with Gasteiger partial charge < -0.3 is 0 Å². The molecular formula is C19H22N+. The van der Waals surface area contributed by atoms with Crippen LogP contribution in [0.15, 0.2) is 86.0 Å². The number of quaternary nitrogens is 1. The molecule has 2 aromatic carbocycles. The van der Waals surface area contributed by atoms with E-state index in [4.69, 9.17) is 0 Å². The van der Waals surface area contributed by atoms with Gasteiger partial charge in [0, 0.05) is 5.56 Å². The van der Waals surface area contributed by atoms with Gasteiger partial charge in [0.15, 0.2) is 0 Å². The first-order chi connectivity index (χ1) is 9.80. The van der Waals surface area contributed by atoms with Crippen molar-refractivity contribution in [2.75, 3.05) is 13.1 Å². The zero-order chi connectivity index (χ0) is 14.3. The van der Waals surface area contributed by atoms with E-state index in [1.54, 1.807) is 0 Å². The zero-order valence-electron chi connectivity index (χ0n) is 11.9. The topological polar surface area (TPSA) is 0 Å². The Bertz CT molecular complexity index is 532. The molecule has 0 heterocycles. The summed E-state index contributed by atoms with van der Waals surface area (Å²) < 4.78 is 0.831. The first kappa shape index (κ1) is 14.3. The molecule has 0 aliphatic carbocycles. The van der Waals surface area contributed by atoms with Crippen LogP contribution in [0.3, 0.4) is 0 Å². The Morgan fingerprint density at radius 3 is 1.75 bits per heavy atom. The highest BCUT2D eigenvalue weighted by atomic mass is 15.4. The van der Waals surface area contributed by atoms with E-state index in [-0.39, 0.29) is 0 Å². The average molecular weight is 264 g/mol. The summed E-state index contributed by atoms with van der Waals surface area (Å²) in [5.74, 6) is 0. The number of benzene rings is 2. The van der Waals surface area contributed by atoms with E-state index in [1.165, 1.54) is 11.3 Å². The molecule has 1 nitrogen and oxygen atoms in total. The Kier molecular flexibility index (Phi) is 4.91. The molecule has 0 aromatic heterocycles. The maximum Gasteiger partial charge on any atom is 0.133 e. The lowest BCUT2D eigenvalue weighted by molar-refractivity contribution is 0.322. The van der Waals surface area contributed by atoms with E-state index in [2.05, 4.69) is 73.8 Å². The number of para-hydroxylation sites is 1. The minimum absolute atomic E-state index is 0.831. The van der Waals surface area contributed by atoms with E-state index < -0.39 is 0 Å². The summed E-state index contributed by atoms with van der Waals surface area (Å²) in [5, 5.41) is 0. The van der Waals surface area contributed by atoms with Crippen molar-refractivity contribution >= 4 is 5.69 Å². The van der Waals surface area contributed by atoms with Crippen LogP contribution >= 0.6 is 0 Å². The Morgan fingerprint density at radius 2 is 1.25 bits per heavy atom. The van der Waals surface area contributed by atoms with Crippen LogP contribution in [0.2, 0.25) is 0 Å². The number of hydrogen-bond donors (Lipinski definition) is 0. The molecule has 0 atom stereocenters. The lowest BCUT2D eigenvalue weighted by Gasteiger charge is -2.36. The van der Waals surface area contributed by atoms with Crippen molar-refractivity contribution in [3.05, 3.63) is 91.5 Å². The summed E-state index contributed by atoms with van der Waals surface area (Å²) in [6.07, 6.45) is 4.00. The lowest BCUT2D eigenvalue weighted by Crippen LogP contribution is -2.48. The maximum absolute atomic E-state index is 3.94. The fourth-order valence-electron chi connectivity index (χ4n) is 2.68. The van der Waals surface area contributed by atoms with Crippen LogP contribution in [-0.4, -0.2) is 13.1 Å². The van der Waals surface area contributed by atoms with Gasteiger partial charge in [-0.1, -0.05) is 61.7 Å². The number of nitrogens with zero attached hydrogens (tertiary/aromatic N) is 1. The van der Waals surface area contributed by atoms with Gasteiger partial charge in [-0.2, -0.15) is 0 Å².